The molecule has 164 valence electrons. The van der Waals surface area contributed by atoms with Gasteiger partial charge in [-0.2, -0.15) is 0 Å². The van der Waals surface area contributed by atoms with E-state index in [1.165, 1.54) is 0 Å². The van der Waals surface area contributed by atoms with Crippen LogP contribution in [0.25, 0.3) is 11.3 Å². The highest BCUT2D eigenvalue weighted by Gasteiger charge is 2.20. The predicted octanol–water partition coefficient (Wildman–Crippen LogP) is 2.73. The van der Waals surface area contributed by atoms with Gasteiger partial charge in [-0.05, 0) is 43.0 Å². The molecule has 1 saturated heterocycles. The Labute approximate surface area is 183 Å². The number of benzene rings is 1. The number of hydrogen-bond donors (Lipinski definition) is 1. The first-order valence-corrected chi connectivity index (χ1v) is 9.79. The van der Waals surface area contributed by atoms with Crippen LogP contribution in [0.1, 0.15) is 19.8 Å². The highest BCUT2D eigenvalue weighted by Crippen LogP contribution is 2.24. The van der Waals surface area contributed by atoms with Gasteiger partial charge in [0.1, 0.15) is 19.0 Å². The fraction of sp³-hybridized carbons (Fsp3) is 0.476. The Balaban J connectivity index is 0.00000320. The minimum Gasteiger partial charge on any atom is -0.497 e. The molecule has 1 N–H and O–H groups in total. The number of rotatable bonds is 7. The van der Waals surface area contributed by atoms with Gasteiger partial charge in [-0.25, -0.2) is 4.98 Å². The van der Waals surface area contributed by atoms with E-state index < -0.39 is 0 Å². The Morgan fingerprint density at radius 3 is 2.47 bits per heavy atom. The highest BCUT2D eigenvalue weighted by molar-refractivity contribution is 5.90. The van der Waals surface area contributed by atoms with E-state index in [0.29, 0.717) is 11.9 Å². The van der Waals surface area contributed by atoms with Gasteiger partial charge >= 0.3 is 0 Å². The summed E-state index contributed by atoms with van der Waals surface area (Å²) < 4.78 is 12.3. The molecule has 0 aliphatic carbocycles. The lowest BCUT2D eigenvalue weighted by Gasteiger charge is -2.30. The third-order valence-corrected chi connectivity index (χ3v) is 5.22. The number of piperidine rings is 1. The van der Waals surface area contributed by atoms with E-state index in [9.17, 15) is 9.59 Å². The van der Waals surface area contributed by atoms with Crippen molar-refractivity contribution in [2.75, 3.05) is 38.7 Å². The number of imidazole rings is 1. The zero-order chi connectivity index (χ0) is 20.8. The van der Waals surface area contributed by atoms with Crippen molar-refractivity contribution >= 4 is 30.2 Å². The summed E-state index contributed by atoms with van der Waals surface area (Å²) in [6.45, 7) is 3.44. The van der Waals surface area contributed by atoms with Gasteiger partial charge in [0.15, 0.2) is 0 Å². The number of nitrogens with one attached hydrogen (secondary N) is 1. The second kappa shape index (κ2) is 11.0. The summed E-state index contributed by atoms with van der Waals surface area (Å²) in [5, 5.41) is 2.72. The number of ether oxygens (including phenoxy) is 2. The van der Waals surface area contributed by atoms with E-state index in [0.717, 1.165) is 42.9 Å². The summed E-state index contributed by atoms with van der Waals surface area (Å²) >= 11 is 0. The Kier molecular flexibility index (Phi) is 8.68. The van der Waals surface area contributed by atoms with Crippen LogP contribution in [0.2, 0.25) is 0 Å². The zero-order valence-corrected chi connectivity index (χ0v) is 18.4. The Hall–Kier alpha value is -2.58. The summed E-state index contributed by atoms with van der Waals surface area (Å²) in [6.07, 6.45) is 3.73. The predicted molar refractivity (Wildman–Crippen MR) is 117 cm³/mol. The van der Waals surface area contributed by atoms with Gasteiger partial charge < -0.3 is 18.9 Å². The molecule has 3 rings (SSSR count). The van der Waals surface area contributed by atoms with Crippen LogP contribution in [0.15, 0.2) is 30.5 Å². The Bertz CT molecular complexity index is 845. The molecule has 0 saturated carbocycles. The Morgan fingerprint density at radius 1 is 1.17 bits per heavy atom. The van der Waals surface area contributed by atoms with Crippen LogP contribution in [0, 0.1) is 5.92 Å². The van der Waals surface area contributed by atoms with Crippen LogP contribution in [0.3, 0.4) is 0 Å². The number of anilines is 1. The number of aromatic nitrogens is 2. The molecule has 0 bridgehead atoms. The first kappa shape index (κ1) is 23.7. The van der Waals surface area contributed by atoms with E-state index in [1.807, 2.05) is 31.3 Å². The molecule has 9 heteroatoms. The fourth-order valence-electron chi connectivity index (χ4n) is 3.30. The molecule has 1 aromatic heterocycles. The largest absolute Gasteiger partial charge is 0.497 e. The van der Waals surface area contributed by atoms with E-state index in [1.54, 1.807) is 22.8 Å². The molecule has 1 aromatic carbocycles. The van der Waals surface area contributed by atoms with E-state index in [2.05, 4.69) is 17.2 Å². The maximum Gasteiger partial charge on any atom is 0.252 e. The summed E-state index contributed by atoms with van der Waals surface area (Å²) in [5.41, 5.74) is 1.82. The molecular weight excluding hydrogens is 408 g/mol. The molecule has 30 heavy (non-hydrogen) atoms. The maximum atomic E-state index is 12.2. The molecule has 2 aromatic rings. The first-order valence-electron chi connectivity index (χ1n) is 9.79. The molecule has 0 atom stereocenters. The number of halogens is 1. The number of carbonyl (C=O) groups excluding carboxylic acids is 2. The molecule has 0 unspecified atom stereocenters. The number of nitrogens with zero attached hydrogens (tertiary/aromatic N) is 3. The van der Waals surface area contributed by atoms with Gasteiger partial charge in [0.05, 0.1) is 19.0 Å². The van der Waals surface area contributed by atoms with Crippen LogP contribution in [-0.2, 0) is 21.4 Å². The maximum absolute atomic E-state index is 12.2. The molecule has 1 fully saturated rings. The quantitative estimate of drug-likeness (QED) is 0.721. The number of amides is 2. The van der Waals surface area contributed by atoms with Gasteiger partial charge in [0.2, 0.25) is 11.9 Å². The third-order valence-electron chi connectivity index (χ3n) is 5.22. The zero-order valence-electron chi connectivity index (χ0n) is 17.6. The molecular formula is C21H29ClN4O4. The van der Waals surface area contributed by atoms with Crippen molar-refractivity contribution in [3.63, 3.8) is 0 Å². The third kappa shape index (κ3) is 5.96. The average Bonchev–Trinajstić information content (AvgIpc) is 3.08. The fourth-order valence-corrected chi connectivity index (χ4v) is 3.30. The number of hydrogen-bond acceptors (Lipinski definition) is 5. The van der Waals surface area contributed by atoms with E-state index in [4.69, 9.17) is 9.47 Å². The lowest BCUT2D eigenvalue weighted by Crippen LogP contribution is -2.40. The summed E-state index contributed by atoms with van der Waals surface area (Å²) in [5.74, 6) is 1.44. The minimum atomic E-state index is -0.347. The molecule has 1 aliphatic heterocycles. The van der Waals surface area contributed by atoms with Gasteiger partial charge in [0, 0.05) is 25.7 Å². The van der Waals surface area contributed by atoms with Crippen molar-refractivity contribution in [2.24, 2.45) is 13.0 Å². The van der Waals surface area contributed by atoms with Gasteiger partial charge in [-0.3, -0.25) is 14.9 Å². The van der Waals surface area contributed by atoms with Gasteiger partial charge in [0.25, 0.3) is 5.91 Å². The summed E-state index contributed by atoms with van der Waals surface area (Å²) in [6, 6.07) is 7.60. The normalized spacial score (nSPS) is 14.2. The van der Waals surface area contributed by atoms with Crippen LogP contribution in [0.5, 0.6) is 5.75 Å². The van der Waals surface area contributed by atoms with Crippen molar-refractivity contribution in [2.45, 2.75) is 19.8 Å². The molecule has 8 nitrogen and oxygen atoms in total. The highest BCUT2D eigenvalue weighted by atomic mass is 35.5. The van der Waals surface area contributed by atoms with Gasteiger partial charge in [-0.1, -0.05) is 6.92 Å². The number of carbonyl (C=O) groups is 2. The van der Waals surface area contributed by atoms with Crippen LogP contribution < -0.4 is 10.1 Å². The number of methoxy groups -OCH3 is 1. The van der Waals surface area contributed by atoms with Crippen LogP contribution in [0.4, 0.5) is 5.95 Å². The summed E-state index contributed by atoms with van der Waals surface area (Å²) in [7, 11) is 3.44. The average molecular weight is 437 g/mol. The first-order chi connectivity index (χ1) is 14.0. The molecule has 0 radical (unpaired) electrons. The van der Waals surface area contributed by atoms with Crippen molar-refractivity contribution in [3.8, 4) is 17.0 Å². The van der Waals surface area contributed by atoms with Gasteiger partial charge in [-0.15, -0.1) is 12.4 Å². The lowest BCUT2D eigenvalue weighted by molar-refractivity contribution is -0.138. The SMILES string of the molecule is COc1ccc(-c2cnc(NC(=O)COCC(=O)N3CCC(C)CC3)n2C)cc1.Cl. The van der Waals surface area contributed by atoms with Crippen molar-refractivity contribution in [1.82, 2.24) is 14.5 Å². The minimum absolute atomic E-state index is 0. The standard InChI is InChI=1S/C21H28N4O4.ClH/c1-15-8-10-25(11-9-15)20(27)14-29-13-19(26)23-21-22-12-18(24(21)2)16-4-6-17(28-3)7-5-16;/h4-7,12,15H,8-11,13-14H2,1-3H3,(H,22,23,26);1H. The molecule has 0 spiro atoms. The van der Waals surface area contributed by atoms with Crippen molar-refractivity contribution in [1.29, 1.82) is 0 Å². The van der Waals surface area contributed by atoms with Crippen molar-refractivity contribution in [3.05, 3.63) is 30.5 Å². The van der Waals surface area contributed by atoms with Crippen LogP contribution in [-0.4, -0.2) is 59.7 Å². The molecule has 2 amide bonds. The molecule has 1 aliphatic rings. The number of likely N-dealkylation sites (tertiary alicyclic amines) is 1. The topological polar surface area (TPSA) is 85.7 Å². The smallest absolute Gasteiger partial charge is 0.252 e. The second-order valence-electron chi connectivity index (χ2n) is 7.36. The molecule has 2 heterocycles. The van der Waals surface area contributed by atoms with Crippen LogP contribution >= 0.6 is 12.4 Å². The monoisotopic (exact) mass is 436 g/mol. The van der Waals surface area contributed by atoms with E-state index in [-0.39, 0.29) is 37.4 Å². The Morgan fingerprint density at radius 2 is 1.83 bits per heavy atom. The second-order valence-corrected chi connectivity index (χ2v) is 7.36. The van der Waals surface area contributed by atoms with Crippen molar-refractivity contribution < 1.29 is 19.1 Å². The lowest BCUT2D eigenvalue weighted by atomic mass is 9.99. The summed E-state index contributed by atoms with van der Waals surface area (Å²) in [4.78, 5) is 30.4. The van der Waals surface area contributed by atoms with E-state index >= 15 is 0 Å².